The van der Waals surface area contributed by atoms with Gasteiger partial charge in [0.25, 0.3) is 0 Å². The molecule has 0 aliphatic heterocycles. The molecule has 4 aromatic carbocycles. The Balaban J connectivity index is 1.89. The largest absolute Gasteiger partial charge is 0.508 e. The van der Waals surface area contributed by atoms with Gasteiger partial charge in [-0.25, -0.2) is 9.18 Å². The lowest BCUT2D eigenvalue weighted by molar-refractivity contribution is -0.143. The summed E-state index contributed by atoms with van der Waals surface area (Å²) < 4.78 is 65.9. The van der Waals surface area contributed by atoms with Crippen LogP contribution >= 0.6 is 0 Å². The molecule has 0 bridgehead atoms. The fourth-order valence-corrected chi connectivity index (χ4v) is 3.78. The Morgan fingerprint density at radius 2 is 1.77 bits per heavy atom. The van der Waals surface area contributed by atoms with Crippen LogP contribution in [0, 0.1) is 12.7 Å². The molecule has 0 atom stereocenters. The van der Waals surface area contributed by atoms with Crippen LogP contribution in [0.1, 0.15) is 11.1 Å². The Hall–Kier alpha value is -4.27. The van der Waals surface area contributed by atoms with Crippen LogP contribution in [0.2, 0.25) is 0 Å². The molecule has 2 N–H and O–H groups in total. The summed E-state index contributed by atoms with van der Waals surface area (Å²) in [5.74, 6) is -2.63. The van der Waals surface area contributed by atoms with Crippen molar-refractivity contribution in [3.05, 3.63) is 83.7 Å². The van der Waals surface area contributed by atoms with Gasteiger partial charge in [-0.3, -0.25) is 0 Å². The van der Waals surface area contributed by atoms with E-state index in [9.17, 15) is 27.5 Å². The highest BCUT2D eigenvalue weighted by atomic mass is 19.4. The zero-order chi connectivity index (χ0) is 25.3. The minimum Gasteiger partial charge on any atom is -0.508 e. The quantitative estimate of drug-likeness (QED) is 0.289. The van der Waals surface area contributed by atoms with E-state index in [2.05, 4.69) is 0 Å². The molecular formula is C26H18F4O5. The van der Waals surface area contributed by atoms with Gasteiger partial charge >= 0.3 is 12.1 Å². The van der Waals surface area contributed by atoms with E-state index in [-0.39, 0.29) is 17.2 Å². The lowest BCUT2D eigenvalue weighted by Crippen LogP contribution is -2.14. The Morgan fingerprint density at radius 1 is 1.00 bits per heavy atom. The summed E-state index contributed by atoms with van der Waals surface area (Å²) in [7, 11) is 0. The van der Waals surface area contributed by atoms with Crippen molar-refractivity contribution in [2.75, 3.05) is 6.61 Å². The van der Waals surface area contributed by atoms with E-state index in [0.29, 0.717) is 33.5 Å². The second kappa shape index (κ2) is 9.17. The van der Waals surface area contributed by atoms with Crippen LogP contribution in [-0.4, -0.2) is 22.8 Å². The van der Waals surface area contributed by atoms with Gasteiger partial charge in [0, 0.05) is 10.9 Å². The highest BCUT2D eigenvalue weighted by Gasteiger charge is 2.35. The number of ether oxygens (including phenoxy) is 2. The molecule has 4 aromatic rings. The van der Waals surface area contributed by atoms with Gasteiger partial charge in [0.05, 0.1) is 0 Å². The van der Waals surface area contributed by atoms with Gasteiger partial charge in [0.2, 0.25) is 0 Å². The van der Waals surface area contributed by atoms with Gasteiger partial charge in [-0.05, 0) is 72.0 Å². The molecule has 0 radical (unpaired) electrons. The van der Waals surface area contributed by atoms with Crippen molar-refractivity contribution in [3.8, 4) is 34.1 Å². The molecule has 0 aliphatic carbocycles. The standard InChI is InChI=1S/C26H18F4O5/c1-14-9-16-11-18(31)5-7-20(16)25(24(14)15-3-2-4-17(27)10-15)35-19-6-8-22(34-13-23(32)33)21(12-19)26(28,29)30/h2-12,31H,13H2,1H3,(H,32,33). The predicted molar refractivity (Wildman–Crippen MR) is 120 cm³/mol. The zero-order valence-corrected chi connectivity index (χ0v) is 18.2. The number of aliphatic carboxylic acids is 1. The summed E-state index contributed by atoms with van der Waals surface area (Å²) in [6, 6.07) is 14.8. The number of carbonyl (C=O) groups is 1. The number of carboxylic acid groups (broad SMARTS) is 1. The smallest absolute Gasteiger partial charge is 0.420 e. The molecule has 0 spiro atoms. The molecule has 9 heteroatoms. The first-order valence-corrected chi connectivity index (χ1v) is 10.3. The van der Waals surface area contributed by atoms with Gasteiger partial charge < -0.3 is 19.7 Å². The number of phenolic OH excluding ortho intramolecular Hbond substituents is 1. The van der Waals surface area contributed by atoms with E-state index >= 15 is 0 Å². The van der Waals surface area contributed by atoms with Crippen LogP contribution in [0.3, 0.4) is 0 Å². The SMILES string of the molecule is Cc1cc2cc(O)ccc2c(Oc2ccc(OCC(=O)O)c(C(F)(F)F)c2)c1-c1cccc(F)c1. The lowest BCUT2D eigenvalue weighted by Gasteiger charge is -2.19. The number of aryl methyl sites for hydroxylation is 1. The average Bonchev–Trinajstić information content (AvgIpc) is 2.77. The van der Waals surface area contributed by atoms with Gasteiger partial charge in [-0.2, -0.15) is 13.2 Å². The molecule has 0 aliphatic rings. The van der Waals surface area contributed by atoms with Crippen molar-refractivity contribution < 1.29 is 42.0 Å². The molecular weight excluding hydrogens is 468 g/mol. The summed E-state index contributed by atoms with van der Waals surface area (Å²) in [6.45, 7) is 0.791. The number of halogens is 4. The van der Waals surface area contributed by atoms with Crippen molar-refractivity contribution in [3.63, 3.8) is 0 Å². The molecule has 0 amide bonds. The van der Waals surface area contributed by atoms with E-state index in [0.717, 1.165) is 6.07 Å². The molecule has 0 aromatic heterocycles. The predicted octanol–water partition coefficient (Wildman–Crippen LogP) is 6.93. The monoisotopic (exact) mass is 486 g/mol. The molecule has 0 heterocycles. The van der Waals surface area contributed by atoms with E-state index in [1.165, 1.54) is 36.4 Å². The number of alkyl halides is 3. The summed E-state index contributed by atoms with van der Waals surface area (Å²) in [6.07, 6.45) is -4.85. The number of hydrogen-bond acceptors (Lipinski definition) is 4. The van der Waals surface area contributed by atoms with Crippen molar-refractivity contribution in [2.24, 2.45) is 0 Å². The Kier molecular flexibility index (Phi) is 6.26. The van der Waals surface area contributed by atoms with Crippen molar-refractivity contribution in [1.82, 2.24) is 0 Å². The molecule has 35 heavy (non-hydrogen) atoms. The Morgan fingerprint density at radius 3 is 2.46 bits per heavy atom. The normalized spacial score (nSPS) is 11.5. The molecule has 4 rings (SSSR count). The third-order valence-electron chi connectivity index (χ3n) is 5.21. The first-order valence-electron chi connectivity index (χ1n) is 10.3. The Bertz CT molecular complexity index is 1430. The lowest BCUT2D eigenvalue weighted by atomic mass is 9.94. The van der Waals surface area contributed by atoms with Crippen LogP contribution in [0.5, 0.6) is 23.0 Å². The van der Waals surface area contributed by atoms with Gasteiger partial charge in [-0.15, -0.1) is 0 Å². The van der Waals surface area contributed by atoms with Crippen LogP contribution in [0.25, 0.3) is 21.9 Å². The highest BCUT2D eigenvalue weighted by molar-refractivity contribution is 5.97. The molecule has 180 valence electrons. The second-order valence-corrected chi connectivity index (χ2v) is 7.75. The Labute approximate surface area is 196 Å². The maximum atomic E-state index is 14.0. The molecule has 0 saturated heterocycles. The summed E-state index contributed by atoms with van der Waals surface area (Å²) >= 11 is 0. The third kappa shape index (κ3) is 5.13. The maximum absolute atomic E-state index is 14.0. The van der Waals surface area contributed by atoms with E-state index in [4.69, 9.17) is 14.6 Å². The second-order valence-electron chi connectivity index (χ2n) is 7.75. The van der Waals surface area contributed by atoms with Crippen LogP contribution in [0.4, 0.5) is 17.6 Å². The minimum absolute atomic E-state index is 0.0133. The van der Waals surface area contributed by atoms with Crippen LogP contribution < -0.4 is 9.47 Å². The van der Waals surface area contributed by atoms with Gasteiger partial charge in [0.1, 0.15) is 34.4 Å². The van der Waals surface area contributed by atoms with Crippen molar-refractivity contribution >= 4 is 16.7 Å². The van der Waals surface area contributed by atoms with E-state index in [1.807, 2.05) is 0 Å². The van der Waals surface area contributed by atoms with Crippen LogP contribution in [0.15, 0.2) is 66.7 Å². The topological polar surface area (TPSA) is 76.0 Å². The number of phenols is 1. The minimum atomic E-state index is -4.85. The van der Waals surface area contributed by atoms with E-state index in [1.54, 1.807) is 25.1 Å². The highest BCUT2D eigenvalue weighted by Crippen LogP contribution is 2.45. The third-order valence-corrected chi connectivity index (χ3v) is 5.21. The van der Waals surface area contributed by atoms with Gasteiger partial charge in [-0.1, -0.05) is 18.2 Å². The summed E-state index contributed by atoms with van der Waals surface area (Å²) in [5.41, 5.74) is 0.340. The summed E-state index contributed by atoms with van der Waals surface area (Å²) in [4.78, 5) is 10.7. The van der Waals surface area contributed by atoms with Crippen molar-refractivity contribution in [2.45, 2.75) is 13.1 Å². The molecule has 0 fully saturated rings. The maximum Gasteiger partial charge on any atom is 0.420 e. The molecule has 0 unspecified atom stereocenters. The van der Waals surface area contributed by atoms with Crippen LogP contribution in [-0.2, 0) is 11.0 Å². The number of aromatic hydroxyl groups is 1. The van der Waals surface area contributed by atoms with Gasteiger partial charge in [0.15, 0.2) is 6.61 Å². The fraction of sp³-hybridized carbons (Fsp3) is 0.115. The first-order chi connectivity index (χ1) is 16.5. The number of hydrogen-bond donors (Lipinski definition) is 2. The van der Waals surface area contributed by atoms with Crippen molar-refractivity contribution in [1.29, 1.82) is 0 Å². The number of benzene rings is 4. The first kappa shape index (κ1) is 23.9. The number of fused-ring (bicyclic) bond motifs is 1. The average molecular weight is 486 g/mol. The molecule has 5 nitrogen and oxygen atoms in total. The zero-order valence-electron chi connectivity index (χ0n) is 18.2. The summed E-state index contributed by atoms with van der Waals surface area (Å²) in [5, 5.41) is 19.7. The number of rotatable bonds is 6. The fourth-order valence-electron chi connectivity index (χ4n) is 3.78. The molecule has 0 saturated carbocycles. The number of carboxylic acids is 1. The van der Waals surface area contributed by atoms with E-state index < -0.39 is 35.9 Å².